The van der Waals surface area contributed by atoms with Gasteiger partial charge in [0.25, 0.3) is 0 Å². The van der Waals surface area contributed by atoms with Gasteiger partial charge in [0.15, 0.2) is 0 Å². The molecule has 0 radical (unpaired) electrons. The van der Waals surface area contributed by atoms with Crippen molar-refractivity contribution < 1.29 is 0 Å². The molecule has 0 saturated heterocycles. The van der Waals surface area contributed by atoms with E-state index in [0.717, 1.165) is 11.1 Å². The zero-order valence-electron chi connectivity index (χ0n) is 7.61. The number of aryl methyl sites for hydroxylation is 2. The monoisotopic (exact) mass is 174 g/mol. The topological polar surface area (TPSA) is 34.9 Å². The second-order valence-electron chi connectivity index (χ2n) is 3.17. The van der Waals surface area contributed by atoms with Crippen molar-refractivity contribution in [2.24, 2.45) is 7.05 Å². The predicted octanol–water partition coefficient (Wildman–Crippen LogP) is 1.24. The first-order valence-corrected chi connectivity index (χ1v) is 4.10. The van der Waals surface area contributed by atoms with E-state index in [1.54, 1.807) is 12.4 Å². The van der Waals surface area contributed by atoms with E-state index in [4.69, 9.17) is 0 Å². The van der Waals surface area contributed by atoms with E-state index in [2.05, 4.69) is 4.98 Å². The third-order valence-corrected chi connectivity index (χ3v) is 2.07. The minimum Gasteiger partial charge on any atom is -0.349 e. The SMILES string of the molecule is Cc1cnc2c(=O)ccn(C)c2c1. The van der Waals surface area contributed by atoms with Gasteiger partial charge in [-0.05, 0) is 18.6 Å². The van der Waals surface area contributed by atoms with Crippen LogP contribution >= 0.6 is 0 Å². The molecule has 0 amide bonds. The zero-order valence-corrected chi connectivity index (χ0v) is 7.61. The van der Waals surface area contributed by atoms with E-state index in [1.165, 1.54) is 6.07 Å². The molecule has 3 nitrogen and oxygen atoms in total. The van der Waals surface area contributed by atoms with Crippen molar-refractivity contribution in [3.63, 3.8) is 0 Å². The lowest BCUT2D eigenvalue weighted by atomic mass is 10.2. The summed E-state index contributed by atoms with van der Waals surface area (Å²) in [6.45, 7) is 1.96. The Morgan fingerprint density at radius 2 is 2.23 bits per heavy atom. The second-order valence-corrected chi connectivity index (χ2v) is 3.17. The molecule has 0 spiro atoms. The average Bonchev–Trinajstić information content (AvgIpc) is 2.12. The number of aromatic nitrogens is 2. The molecule has 0 saturated carbocycles. The van der Waals surface area contributed by atoms with Gasteiger partial charge in [-0.25, -0.2) is 0 Å². The van der Waals surface area contributed by atoms with E-state index in [1.807, 2.05) is 24.6 Å². The highest BCUT2D eigenvalue weighted by molar-refractivity contribution is 5.74. The fourth-order valence-electron chi connectivity index (χ4n) is 1.35. The summed E-state index contributed by atoms with van der Waals surface area (Å²) in [5, 5.41) is 0. The maximum absolute atomic E-state index is 11.4. The molecule has 2 rings (SSSR count). The Morgan fingerprint density at radius 3 is 3.00 bits per heavy atom. The van der Waals surface area contributed by atoms with Gasteiger partial charge in [-0.3, -0.25) is 9.78 Å². The third kappa shape index (κ3) is 1.22. The third-order valence-electron chi connectivity index (χ3n) is 2.07. The molecular formula is C10H10N2O. The van der Waals surface area contributed by atoms with Crippen molar-refractivity contribution >= 4 is 11.0 Å². The van der Waals surface area contributed by atoms with Crippen LogP contribution in [0, 0.1) is 6.92 Å². The number of pyridine rings is 2. The molecule has 0 aliphatic rings. The largest absolute Gasteiger partial charge is 0.349 e. The smallest absolute Gasteiger partial charge is 0.207 e. The van der Waals surface area contributed by atoms with E-state index < -0.39 is 0 Å². The Balaban J connectivity index is 3.01. The Hall–Kier alpha value is -1.64. The van der Waals surface area contributed by atoms with Crippen molar-refractivity contribution in [3.05, 3.63) is 40.3 Å². The Morgan fingerprint density at radius 1 is 1.46 bits per heavy atom. The van der Waals surface area contributed by atoms with Gasteiger partial charge in [0.05, 0.1) is 5.52 Å². The summed E-state index contributed by atoms with van der Waals surface area (Å²) in [5.41, 5.74) is 2.46. The first-order chi connectivity index (χ1) is 6.18. The van der Waals surface area contributed by atoms with Crippen LogP contribution in [-0.4, -0.2) is 9.55 Å². The predicted molar refractivity (Wildman–Crippen MR) is 51.7 cm³/mol. The van der Waals surface area contributed by atoms with Gasteiger partial charge in [-0.2, -0.15) is 0 Å². The van der Waals surface area contributed by atoms with Crippen LogP contribution in [0.3, 0.4) is 0 Å². The molecule has 13 heavy (non-hydrogen) atoms. The fraction of sp³-hybridized carbons (Fsp3) is 0.200. The van der Waals surface area contributed by atoms with E-state index >= 15 is 0 Å². The zero-order chi connectivity index (χ0) is 9.42. The van der Waals surface area contributed by atoms with Crippen molar-refractivity contribution in [1.29, 1.82) is 0 Å². The van der Waals surface area contributed by atoms with Crippen LogP contribution in [-0.2, 0) is 7.05 Å². The van der Waals surface area contributed by atoms with Crippen LogP contribution in [0.1, 0.15) is 5.56 Å². The Kier molecular flexibility index (Phi) is 1.65. The van der Waals surface area contributed by atoms with Crippen LogP contribution in [0.2, 0.25) is 0 Å². The summed E-state index contributed by atoms with van der Waals surface area (Å²) in [7, 11) is 1.91. The van der Waals surface area contributed by atoms with Gasteiger partial charge < -0.3 is 4.57 Å². The van der Waals surface area contributed by atoms with E-state index in [0.29, 0.717) is 5.52 Å². The molecule has 0 fully saturated rings. The highest BCUT2D eigenvalue weighted by atomic mass is 16.1. The Bertz CT molecular complexity index is 514. The molecule has 3 heteroatoms. The molecule has 2 heterocycles. The van der Waals surface area contributed by atoms with Crippen LogP contribution < -0.4 is 5.43 Å². The number of nitrogens with zero attached hydrogens (tertiary/aromatic N) is 2. The quantitative estimate of drug-likeness (QED) is 0.602. The van der Waals surface area contributed by atoms with E-state index in [-0.39, 0.29) is 5.43 Å². The maximum atomic E-state index is 11.4. The standard InChI is InChI=1S/C10H10N2O/c1-7-5-8-10(11-6-7)9(13)3-4-12(8)2/h3-6H,1-2H3. The van der Waals surface area contributed by atoms with Crippen molar-refractivity contribution in [3.8, 4) is 0 Å². The minimum atomic E-state index is -0.0203. The van der Waals surface area contributed by atoms with Crippen LogP contribution in [0.25, 0.3) is 11.0 Å². The van der Waals surface area contributed by atoms with Gasteiger partial charge >= 0.3 is 0 Å². The summed E-state index contributed by atoms with van der Waals surface area (Å²) in [5.74, 6) is 0. The van der Waals surface area contributed by atoms with Gasteiger partial charge in [0.2, 0.25) is 5.43 Å². The minimum absolute atomic E-state index is 0.0203. The van der Waals surface area contributed by atoms with Crippen molar-refractivity contribution in [2.75, 3.05) is 0 Å². The summed E-state index contributed by atoms with van der Waals surface area (Å²) >= 11 is 0. The Labute approximate surface area is 75.7 Å². The lowest BCUT2D eigenvalue weighted by molar-refractivity contribution is 0.945. The average molecular weight is 174 g/mol. The molecule has 0 N–H and O–H groups in total. The van der Waals surface area contributed by atoms with Gasteiger partial charge in [0.1, 0.15) is 5.52 Å². The molecular weight excluding hydrogens is 164 g/mol. The molecule has 0 aliphatic heterocycles. The van der Waals surface area contributed by atoms with Gasteiger partial charge in [0, 0.05) is 25.5 Å². The summed E-state index contributed by atoms with van der Waals surface area (Å²) in [6.07, 6.45) is 3.47. The summed E-state index contributed by atoms with van der Waals surface area (Å²) in [4.78, 5) is 15.5. The van der Waals surface area contributed by atoms with Gasteiger partial charge in [-0.15, -0.1) is 0 Å². The number of rotatable bonds is 0. The van der Waals surface area contributed by atoms with Crippen LogP contribution in [0.4, 0.5) is 0 Å². The first-order valence-electron chi connectivity index (χ1n) is 4.10. The molecule has 2 aromatic rings. The summed E-state index contributed by atoms with van der Waals surface area (Å²) < 4.78 is 1.90. The molecule has 0 unspecified atom stereocenters. The lowest BCUT2D eigenvalue weighted by Gasteiger charge is -2.03. The molecule has 0 aliphatic carbocycles. The highest BCUT2D eigenvalue weighted by Crippen LogP contribution is 2.07. The number of hydrogen-bond acceptors (Lipinski definition) is 2. The lowest BCUT2D eigenvalue weighted by Crippen LogP contribution is -2.06. The van der Waals surface area contributed by atoms with Crippen molar-refractivity contribution in [1.82, 2.24) is 9.55 Å². The fourth-order valence-corrected chi connectivity index (χ4v) is 1.35. The normalized spacial score (nSPS) is 10.6. The second kappa shape index (κ2) is 2.69. The molecule has 66 valence electrons. The summed E-state index contributed by atoms with van der Waals surface area (Å²) in [6, 6.07) is 3.49. The molecule has 0 atom stereocenters. The van der Waals surface area contributed by atoms with E-state index in [9.17, 15) is 4.79 Å². The highest BCUT2D eigenvalue weighted by Gasteiger charge is 2.00. The molecule has 0 aromatic carbocycles. The van der Waals surface area contributed by atoms with Crippen LogP contribution in [0.15, 0.2) is 29.3 Å². The molecule has 0 bridgehead atoms. The number of hydrogen-bond donors (Lipinski definition) is 0. The first kappa shape index (κ1) is 7.98. The van der Waals surface area contributed by atoms with Crippen molar-refractivity contribution in [2.45, 2.75) is 6.92 Å². The van der Waals surface area contributed by atoms with Gasteiger partial charge in [-0.1, -0.05) is 0 Å². The molecule has 2 aromatic heterocycles. The van der Waals surface area contributed by atoms with Crippen LogP contribution in [0.5, 0.6) is 0 Å². The number of fused-ring (bicyclic) bond motifs is 1. The maximum Gasteiger partial charge on any atom is 0.207 e.